The van der Waals surface area contributed by atoms with E-state index in [0.717, 1.165) is 6.07 Å². The Labute approximate surface area is 162 Å². The van der Waals surface area contributed by atoms with E-state index >= 15 is 0 Å². The van der Waals surface area contributed by atoms with Crippen LogP contribution >= 0.6 is 0 Å². The highest BCUT2D eigenvalue weighted by atomic mass is 19.2. The quantitative estimate of drug-likeness (QED) is 0.672. The van der Waals surface area contributed by atoms with Crippen LogP contribution in [0.2, 0.25) is 0 Å². The van der Waals surface area contributed by atoms with Gasteiger partial charge in [-0.3, -0.25) is 9.59 Å². The number of ether oxygens (including phenoxy) is 2. The molecular weight excluding hydrogens is 374 g/mol. The second-order valence-electron chi connectivity index (χ2n) is 6.64. The Bertz CT molecular complexity index is 743. The van der Waals surface area contributed by atoms with Crippen LogP contribution in [0, 0.1) is 11.6 Å². The molecule has 154 valence electrons. The first-order valence-electron chi connectivity index (χ1n) is 8.90. The highest BCUT2D eigenvalue weighted by Crippen LogP contribution is 2.25. The van der Waals surface area contributed by atoms with E-state index in [2.05, 4.69) is 10.1 Å². The van der Waals surface area contributed by atoms with Crippen molar-refractivity contribution >= 4 is 17.8 Å². The Hall–Kier alpha value is -2.55. The third-order valence-corrected chi connectivity index (χ3v) is 4.86. The Balaban J connectivity index is 2.06. The fourth-order valence-electron chi connectivity index (χ4n) is 3.15. The van der Waals surface area contributed by atoms with E-state index in [1.807, 2.05) is 0 Å². The summed E-state index contributed by atoms with van der Waals surface area (Å²) in [5.74, 6) is -3.36. The van der Waals surface area contributed by atoms with Crippen molar-refractivity contribution in [3.63, 3.8) is 0 Å². The maximum absolute atomic E-state index is 13.9. The number of methoxy groups -OCH3 is 2. The molecule has 0 saturated carbocycles. The second kappa shape index (κ2) is 9.59. The van der Waals surface area contributed by atoms with Crippen LogP contribution in [0.5, 0.6) is 0 Å². The molecule has 0 unspecified atom stereocenters. The first-order valence-corrected chi connectivity index (χ1v) is 8.90. The molecule has 1 heterocycles. The zero-order valence-corrected chi connectivity index (χ0v) is 16.0. The number of hydrogen-bond acceptors (Lipinski definition) is 5. The van der Waals surface area contributed by atoms with Crippen molar-refractivity contribution in [2.24, 2.45) is 0 Å². The summed E-state index contributed by atoms with van der Waals surface area (Å²) in [7, 11) is 2.60. The lowest BCUT2D eigenvalue weighted by atomic mass is 10.1. The average Bonchev–Trinajstić information content (AvgIpc) is 3.01. The van der Waals surface area contributed by atoms with Gasteiger partial charge in [-0.15, -0.1) is 0 Å². The highest BCUT2D eigenvalue weighted by molar-refractivity contribution is 5.86. The van der Waals surface area contributed by atoms with E-state index < -0.39 is 41.7 Å². The fraction of sp³-hybridized carbons (Fsp3) is 0.526. The minimum Gasteiger partial charge on any atom is -0.467 e. The number of benzene rings is 1. The standard InChI is InChI=1S/C19H24F2N2O5/c1-11(27-2)18(19(26)28-3)22-15(24)9-13-7-8-16(25)23(13)10-12-5-4-6-14(20)17(12)21/h4-6,11,13,18H,7-10H2,1-3H3,(H,22,24)/t11-,13+,18+/m1/s1. The number of halogens is 2. The van der Waals surface area contributed by atoms with Gasteiger partial charge in [0.05, 0.1) is 13.2 Å². The van der Waals surface area contributed by atoms with Crippen molar-refractivity contribution in [3.05, 3.63) is 35.4 Å². The van der Waals surface area contributed by atoms with E-state index in [9.17, 15) is 23.2 Å². The molecule has 1 aromatic rings. The number of rotatable bonds is 8. The summed E-state index contributed by atoms with van der Waals surface area (Å²) in [6.07, 6.45) is -0.0680. The monoisotopic (exact) mass is 398 g/mol. The van der Waals surface area contributed by atoms with Crippen LogP contribution in [-0.2, 0) is 30.4 Å². The average molecular weight is 398 g/mol. The molecule has 1 aromatic carbocycles. The smallest absolute Gasteiger partial charge is 0.331 e. The molecule has 1 aliphatic rings. The summed E-state index contributed by atoms with van der Waals surface area (Å²) in [5, 5.41) is 2.55. The number of esters is 1. The van der Waals surface area contributed by atoms with Gasteiger partial charge in [0.15, 0.2) is 17.7 Å². The van der Waals surface area contributed by atoms with Gasteiger partial charge in [0.25, 0.3) is 0 Å². The van der Waals surface area contributed by atoms with Crippen LogP contribution in [0.1, 0.15) is 31.7 Å². The van der Waals surface area contributed by atoms with Crippen LogP contribution in [0.15, 0.2) is 18.2 Å². The minimum atomic E-state index is -1.01. The number of carbonyl (C=O) groups excluding carboxylic acids is 3. The molecule has 2 rings (SSSR count). The molecule has 1 saturated heterocycles. The summed E-state index contributed by atoms with van der Waals surface area (Å²) >= 11 is 0. The lowest BCUT2D eigenvalue weighted by Crippen LogP contribution is -2.50. The lowest BCUT2D eigenvalue weighted by molar-refractivity contribution is -0.149. The first-order chi connectivity index (χ1) is 13.3. The molecule has 28 heavy (non-hydrogen) atoms. The molecule has 0 radical (unpaired) electrons. The summed E-state index contributed by atoms with van der Waals surface area (Å²) in [5.41, 5.74) is 0.0427. The van der Waals surface area contributed by atoms with E-state index in [4.69, 9.17) is 4.74 Å². The van der Waals surface area contributed by atoms with Gasteiger partial charge in [-0.2, -0.15) is 0 Å². The number of likely N-dealkylation sites (tertiary alicyclic amines) is 1. The molecule has 0 bridgehead atoms. The van der Waals surface area contributed by atoms with Gasteiger partial charge in [-0.25, -0.2) is 13.6 Å². The molecule has 0 aromatic heterocycles. The molecule has 1 aliphatic heterocycles. The zero-order valence-electron chi connectivity index (χ0n) is 16.0. The van der Waals surface area contributed by atoms with Gasteiger partial charge >= 0.3 is 5.97 Å². The van der Waals surface area contributed by atoms with Crippen molar-refractivity contribution in [1.82, 2.24) is 10.2 Å². The predicted molar refractivity (Wildman–Crippen MR) is 95.0 cm³/mol. The summed E-state index contributed by atoms with van der Waals surface area (Å²) in [6.45, 7) is 1.48. The number of amides is 2. The van der Waals surface area contributed by atoms with Crippen molar-refractivity contribution in [2.45, 2.75) is 50.9 Å². The normalized spacial score (nSPS) is 18.7. The topological polar surface area (TPSA) is 84.9 Å². The summed E-state index contributed by atoms with van der Waals surface area (Å²) in [4.78, 5) is 37.8. The molecule has 1 fully saturated rings. The van der Waals surface area contributed by atoms with Crippen molar-refractivity contribution < 1.29 is 32.6 Å². The number of hydrogen-bond donors (Lipinski definition) is 1. The predicted octanol–water partition coefficient (Wildman–Crippen LogP) is 1.54. The maximum atomic E-state index is 13.9. The summed E-state index contributed by atoms with van der Waals surface area (Å²) < 4.78 is 37.1. The van der Waals surface area contributed by atoms with Gasteiger partial charge < -0.3 is 19.7 Å². The lowest BCUT2D eigenvalue weighted by Gasteiger charge is -2.26. The molecule has 3 atom stereocenters. The van der Waals surface area contributed by atoms with Gasteiger partial charge in [-0.05, 0) is 19.4 Å². The van der Waals surface area contributed by atoms with E-state index in [1.54, 1.807) is 6.92 Å². The van der Waals surface area contributed by atoms with Crippen molar-refractivity contribution in [1.29, 1.82) is 0 Å². The van der Waals surface area contributed by atoms with Crippen molar-refractivity contribution in [2.75, 3.05) is 14.2 Å². The van der Waals surface area contributed by atoms with Gasteiger partial charge in [-0.1, -0.05) is 12.1 Å². The number of nitrogens with one attached hydrogen (secondary N) is 1. The molecule has 0 spiro atoms. The third kappa shape index (κ3) is 5.03. The van der Waals surface area contributed by atoms with E-state index in [-0.39, 0.29) is 30.9 Å². The molecule has 7 nitrogen and oxygen atoms in total. The minimum absolute atomic E-state index is 0.0427. The molecule has 0 aliphatic carbocycles. The second-order valence-corrected chi connectivity index (χ2v) is 6.64. The van der Waals surface area contributed by atoms with Gasteiger partial charge in [0.2, 0.25) is 11.8 Å². The Morgan fingerprint density at radius 1 is 1.32 bits per heavy atom. The van der Waals surface area contributed by atoms with Crippen LogP contribution in [0.3, 0.4) is 0 Å². The van der Waals surface area contributed by atoms with E-state index in [0.29, 0.717) is 6.42 Å². The third-order valence-electron chi connectivity index (χ3n) is 4.86. The largest absolute Gasteiger partial charge is 0.467 e. The Kier molecular flexibility index (Phi) is 7.45. The SMILES string of the molecule is COC(=O)[C@@H](NC(=O)C[C@@H]1CCC(=O)N1Cc1cccc(F)c1F)[C@@H](C)OC. The van der Waals surface area contributed by atoms with Crippen LogP contribution in [0.25, 0.3) is 0 Å². The molecule has 1 N–H and O–H groups in total. The number of carbonyl (C=O) groups is 3. The van der Waals surface area contributed by atoms with Crippen molar-refractivity contribution in [3.8, 4) is 0 Å². The Morgan fingerprint density at radius 2 is 2.04 bits per heavy atom. The molecular formula is C19H24F2N2O5. The first kappa shape index (κ1) is 21.7. The van der Waals surface area contributed by atoms with E-state index in [1.165, 1.54) is 31.3 Å². The number of nitrogens with zero attached hydrogens (tertiary/aromatic N) is 1. The highest BCUT2D eigenvalue weighted by Gasteiger charge is 2.35. The Morgan fingerprint density at radius 3 is 2.68 bits per heavy atom. The van der Waals surface area contributed by atoms with Gasteiger partial charge in [0, 0.05) is 38.1 Å². The van der Waals surface area contributed by atoms with Crippen LogP contribution in [-0.4, -0.2) is 55.1 Å². The van der Waals surface area contributed by atoms with Crippen LogP contribution < -0.4 is 5.32 Å². The summed E-state index contributed by atoms with van der Waals surface area (Å²) in [6, 6.07) is 2.29. The van der Waals surface area contributed by atoms with Crippen LogP contribution in [0.4, 0.5) is 8.78 Å². The molecule has 2 amide bonds. The molecule has 9 heteroatoms. The van der Waals surface area contributed by atoms with Gasteiger partial charge in [0.1, 0.15) is 0 Å². The fourth-order valence-corrected chi connectivity index (χ4v) is 3.15. The maximum Gasteiger partial charge on any atom is 0.331 e. The zero-order chi connectivity index (χ0) is 20.8.